The van der Waals surface area contributed by atoms with Crippen LogP contribution in [-0.2, 0) is 5.41 Å². The number of hydrogen-bond donors (Lipinski definition) is 1. The maximum absolute atomic E-state index is 9.57. The number of phenolic OH excluding ortho intramolecular Hbond substituents is 1. The van der Waals surface area contributed by atoms with Crippen molar-refractivity contribution in [2.24, 2.45) is 0 Å². The van der Waals surface area contributed by atoms with Gasteiger partial charge in [0.05, 0.1) is 0 Å². The molecule has 1 N–H and O–H groups in total. The monoisotopic (exact) mass is 233 g/mol. The summed E-state index contributed by atoms with van der Waals surface area (Å²) in [5, 5.41) is 9.57. The van der Waals surface area contributed by atoms with Gasteiger partial charge in [-0.05, 0) is 43.6 Å². The smallest absolute Gasteiger partial charge is 0.115 e. The normalized spacial score (nSPS) is 18.2. The third kappa shape index (κ3) is 3.22. The quantitative estimate of drug-likeness (QED) is 0.867. The minimum atomic E-state index is 0.107. The van der Waals surface area contributed by atoms with Gasteiger partial charge < -0.3 is 10.0 Å². The first-order valence-corrected chi connectivity index (χ1v) is 6.60. The lowest BCUT2D eigenvalue weighted by molar-refractivity contribution is 0.190. The average Bonchev–Trinajstić information content (AvgIpc) is 2.30. The van der Waals surface area contributed by atoms with Crippen LogP contribution < -0.4 is 0 Å². The first-order chi connectivity index (χ1) is 8.08. The number of rotatable bonds is 3. The number of phenols is 1. The summed E-state index contributed by atoms with van der Waals surface area (Å²) in [5.74, 6) is 0.370. The van der Waals surface area contributed by atoms with E-state index in [9.17, 15) is 5.11 Å². The van der Waals surface area contributed by atoms with Crippen LogP contribution in [0.1, 0.15) is 38.7 Å². The van der Waals surface area contributed by atoms with Crippen LogP contribution in [0.2, 0.25) is 0 Å². The minimum absolute atomic E-state index is 0.107. The Morgan fingerprint density at radius 2 is 1.88 bits per heavy atom. The lowest BCUT2D eigenvalue weighted by Crippen LogP contribution is -2.39. The molecular weight excluding hydrogens is 210 g/mol. The van der Waals surface area contributed by atoms with Crippen molar-refractivity contribution < 1.29 is 5.11 Å². The fourth-order valence-electron chi connectivity index (χ4n) is 2.69. The Labute approximate surface area is 104 Å². The minimum Gasteiger partial charge on any atom is -0.508 e. The molecule has 2 nitrogen and oxygen atoms in total. The number of hydrogen-bond acceptors (Lipinski definition) is 2. The van der Waals surface area contributed by atoms with Gasteiger partial charge in [0.2, 0.25) is 0 Å². The Morgan fingerprint density at radius 1 is 1.18 bits per heavy atom. The van der Waals surface area contributed by atoms with Gasteiger partial charge in [0, 0.05) is 12.0 Å². The third-order valence-electron chi connectivity index (χ3n) is 3.70. The molecule has 0 atom stereocenters. The molecular formula is C15H23NO. The summed E-state index contributed by atoms with van der Waals surface area (Å²) in [6.45, 7) is 8.05. The number of nitrogens with zero attached hydrogens (tertiary/aromatic N) is 1. The van der Waals surface area contributed by atoms with Gasteiger partial charge in [-0.15, -0.1) is 0 Å². The topological polar surface area (TPSA) is 23.5 Å². The molecule has 0 radical (unpaired) electrons. The zero-order valence-electron chi connectivity index (χ0n) is 10.9. The van der Waals surface area contributed by atoms with Gasteiger partial charge in [-0.2, -0.15) is 0 Å². The Hall–Kier alpha value is -1.02. The Kier molecular flexibility index (Phi) is 3.72. The summed E-state index contributed by atoms with van der Waals surface area (Å²) in [6, 6.07) is 7.68. The average molecular weight is 233 g/mol. The predicted molar refractivity (Wildman–Crippen MR) is 71.4 cm³/mol. The summed E-state index contributed by atoms with van der Waals surface area (Å²) in [5.41, 5.74) is 1.33. The van der Waals surface area contributed by atoms with E-state index in [0.717, 1.165) is 6.54 Å². The highest BCUT2D eigenvalue weighted by Crippen LogP contribution is 2.27. The van der Waals surface area contributed by atoms with E-state index in [1.54, 1.807) is 6.07 Å². The number of aromatic hydroxyl groups is 1. The molecule has 0 unspecified atom stereocenters. The van der Waals surface area contributed by atoms with Crippen molar-refractivity contribution in [1.29, 1.82) is 0 Å². The molecule has 2 rings (SSSR count). The van der Waals surface area contributed by atoms with Crippen molar-refractivity contribution in [3.63, 3.8) is 0 Å². The van der Waals surface area contributed by atoms with E-state index in [1.165, 1.54) is 37.9 Å². The second kappa shape index (κ2) is 5.09. The number of likely N-dealkylation sites (tertiary alicyclic amines) is 1. The largest absolute Gasteiger partial charge is 0.508 e. The van der Waals surface area contributed by atoms with Crippen LogP contribution in [0.4, 0.5) is 0 Å². The van der Waals surface area contributed by atoms with Gasteiger partial charge in [-0.25, -0.2) is 0 Å². The van der Waals surface area contributed by atoms with E-state index in [2.05, 4.69) is 24.8 Å². The lowest BCUT2D eigenvalue weighted by Gasteiger charge is -2.35. The maximum atomic E-state index is 9.57. The summed E-state index contributed by atoms with van der Waals surface area (Å²) < 4.78 is 0. The SMILES string of the molecule is CC(C)(CN1CCCCC1)c1cccc(O)c1. The van der Waals surface area contributed by atoms with Gasteiger partial charge >= 0.3 is 0 Å². The predicted octanol–water partition coefficient (Wildman–Crippen LogP) is 3.16. The Bertz CT molecular complexity index is 367. The summed E-state index contributed by atoms with van der Waals surface area (Å²) in [6.07, 6.45) is 4.04. The first kappa shape index (κ1) is 12.4. The van der Waals surface area contributed by atoms with Crippen molar-refractivity contribution in [2.75, 3.05) is 19.6 Å². The summed E-state index contributed by atoms with van der Waals surface area (Å²) >= 11 is 0. The van der Waals surface area contributed by atoms with Crippen LogP contribution in [0.15, 0.2) is 24.3 Å². The van der Waals surface area contributed by atoms with Crippen molar-refractivity contribution >= 4 is 0 Å². The van der Waals surface area contributed by atoms with Crippen LogP contribution in [0, 0.1) is 0 Å². The van der Waals surface area contributed by atoms with E-state index < -0.39 is 0 Å². The molecule has 1 heterocycles. The molecule has 0 aliphatic carbocycles. The third-order valence-corrected chi connectivity index (χ3v) is 3.70. The van der Waals surface area contributed by atoms with E-state index in [4.69, 9.17) is 0 Å². The van der Waals surface area contributed by atoms with Crippen LogP contribution >= 0.6 is 0 Å². The van der Waals surface area contributed by atoms with Gasteiger partial charge in [-0.3, -0.25) is 0 Å². The number of piperidine rings is 1. The lowest BCUT2D eigenvalue weighted by atomic mass is 9.83. The van der Waals surface area contributed by atoms with Gasteiger partial charge in [0.1, 0.15) is 5.75 Å². The molecule has 1 aromatic rings. The highest BCUT2D eigenvalue weighted by atomic mass is 16.3. The summed E-state index contributed by atoms with van der Waals surface area (Å²) in [7, 11) is 0. The second-order valence-corrected chi connectivity index (χ2v) is 5.77. The molecule has 1 fully saturated rings. The molecule has 17 heavy (non-hydrogen) atoms. The van der Waals surface area contributed by atoms with Crippen molar-refractivity contribution in [3.8, 4) is 5.75 Å². The fraction of sp³-hybridized carbons (Fsp3) is 0.600. The highest BCUT2D eigenvalue weighted by molar-refractivity contribution is 5.32. The molecule has 0 aromatic heterocycles. The number of benzene rings is 1. The van der Waals surface area contributed by atoms with Crippen LogP contribution in [0.5, 0.6) is 5.75 Å². The Morgan fingerprint density at radius 3 is 2.53 bits per heavy atom. The van der Waals surface area contributed by atoms with Crippen molar-refractivity contribution in [1.82, 2.24) is 4.90 Å². The van der Waals surface area contributed by atoms with Crippen molar-refractivity contribution in [3.05, 3.63) is 29.8 Å². The van der Waals surface area contributed by atoms with Gasteiger partial charge in [0.15, 0.2) is 0 Å². The van der Waals surface area contributed by atoms with Crippen molar-refractivity contribution in [2.45, 2.75) is 38.5 Å². The molecule has 1 aliphatic heterocycles. The molecule has 2 heteroatoms. The molecule has 94 valence electrons. The van der Waals surface area contributed by atoms with Gasteiger partial charge in [0.25, 0.3) is 0 Å². The van der Waals surface area contributed by atoms with E-state index in [0.29, 0.717) is 5.75 Å². The molecule has 0 amide bonds. The highest BCUT2D eigenvalue weighted by Gasteiger charge is 2.25. The van der Waals surface area contributed by atoms with Crippen LogP contribution in [-0.4, -0.2) is 29.6 Å². The van der Waals surface area contributed by atoms with Crippen LogP contribution in [0.25, 0.3) is 0 Å². The standard InChI is InChI=1S/C15H23NO/c1-15(2,12-16-9-4-3-5-10-16)13-7-6-8-14(17)11-13/h6-8,11,17H,3-5,9-10,12H2,1-2H3. The van der Waals surface area contributed by atoms with E-state index in [1.807, 2.05) is 12.1 Å². The zero-order chi connectivity index (χ0) is 12.3. The maximum Gasteiger partial charge on any atom is 0.115 e. The molecule has 0 saturated carbocycles. The fourth-order valence-corrected chi connectivity index (χ4v) is 2.69. The molecule has 1 aromatic carbocycles. The molecule has 0 spiro atoms. The molecule has 1 aliphatic rings. The van der Waals surface area contributed by atoms with E-state index >= 15 is 0 Å². The first-order valence-electron chi connectivity index (χ1n) is 6.60. The van der Waals surface area contributed by atoms with Gasteiger partial charge in [-0.1, -0.05) is 32.4 Å². The van der Waals surface area contributed by atoms with Crippen LogP contribution in [0.3, 0.4) is 0 Å². The zero-order valence-corrected chi connectivity index (χ0v) is 10.9. The molecule has 0 bridgehead atoms. The summed E-state index contributed by atoms with van der Waals surface area (Å²) in [4.78, 5) is 2.55. The second-order valence-electron chi connectivity index (χ2n) is 5.77. The molecule has 1 saturated heterocycles. The Balaban J connectivity index is 2.06. The van der Waals surface area contributed by atoms with E-state index in [-0.39, 0.29) is 5.41 Å².